The fourth-order valence-corrected chi connectivity index (χ4v) is 2.78. The minimum absolute atomic E-state index is 0.0576. The number of ether oxygens (including phenoxy) is 1. The van der Waals surface area contributed by atoms with Crippen LogP contribution in [-0.4, -0.2) is 41.0 Å². The number of carbonyl (C=O) groups is 3. The molecule has 0 aromatic heterocycles. The van der Waals surface area contributed by atoms with Crippen LogP contribution in [0.15, 0.2) is 24.3 Å². The molecule has 25 heavy (non-hydrogen) atoms. The summed E-state index contributed by atoms with van der Waals surface area (Å²) in [6, 6.07) is 6.74. The first-order chi connectivity index (χ1) is 11.6. The van der Waals surface area contributed by atoms with Crippen molar-refractivity contribution in [3.8, 4) is 0 Å². The lowest BCUT2D eigenvalue weighted by Crippen LogP contribution is -2.45. The maximum atomic E-state index is 12.5. The summed E-state index contributed by atoms with van der Waals surface area (Å²) in [4.78, 5) is 38.2. The van der Waals surface area contributed by atoms with Gasteiger partial charge >= 0.3 is 6.09 Å². The highest BCUT2D eigenvalue weighted by Gasteiger charge is 2.37. The number of hydrogen-bond acceptors (Lipinski definition) is 4. The Labute approximate surface area is 148 Å². The quantitative estimate of drug-likeness (QED) is 0.831. The number of fused-ring (bicyclic) bond motifs is 1. The molecule has 3 amide bonds. The van der Waals surface area contributed by atoms with Crippen LogP contribution >= 0.6 is 0 Å². The number of nitrogens with zero attached hydrogens (tertiary/aromatic N) is 1. The number of alkyl carbamates (subject to hydrolysis) is 1. The zero-order valence-corrected chi connectivity index (χ0v) is 15.5. The number of rotatable bonds is 5. The minimum Gasteiger partial charge on any atom is -0.444 e. The van der Waals surface area contributed by atoms with Crippen LogP contribution < -0.4 is 5.32 Å². The molecule has 1 N–H and O–H groups in total. The Morgan fingerprint density at radius 2 is 1.64 bits per heavy atom. The van der Waals surface area contributed by atoms with Crippen molar-refractivity contribution in [1.82, 2.24) is 10.2 Å². The number of imide groups is 1. The van der Waals surface area contributed by atoms with Gasteiger partial charge in [-0.2, -0.15) is 0 Å². The highest BCUT2D eigenvalue weighted by molar-refractivity contribution is 6.21. The molecule has 1 aromatic rings. The third-order valence-corrected chi connectivity index (χ3v) is 3.75. The molecule has 1 atom stereocenters. The zero-order valence-electron chi connectivity index (χ0n) is 15.5. The van der Waals surface area contributed by atoms with Crippen molar-refractivity contribution >= 4 is 17.9 Å². The van der Waals surface area contributed by atoms with Crippen molar-refractivity contribution in [2.75, 3.05) is 6.54 Å². The number of carbonyl (C=O) groups excluding carboxylic acids is 3. The molecule has 0 saturated carbocycles. The van der Waals surface area contributed by atoms with Gasteiger partial charge in [-0.05, 0) is 45.2 Å². The molecule has 2 rings (SSSR count). The lowest BCUT2D eigenvalue weighted by Gasteiger charge is -2.26. The van der Waals surface area contributed by atoms with Crippen LogP contribution in [0.3, 0.4) is 0 Å². The standard InChI is InChI=1S/C19H26N2O4/c1-12(2)10-13(25-18(24)20-19(3,4)5)11-21-16(22)14-8-6-7-9-15(14)17(21)23/h6-9,12-13H,10-11H2,1-5H3,(H,20,24). The molecule has 1 heterocycles. The van der Waals surface area contributed by atoms with Gasteiger partial charge < -0.3 is 10.1 Å². The maximum absolute atomic E-state index is 12.5. The first kappa shape index (κ1) is 19.0. The van der Waals surface area contributed by atoms with Crippen LogP contribution in [-0.2, 0) is 4.74 Å². The lowest BCUT2D eigenvalue weighted by atomic mass is 10.1. The monoisotopic (exact) mass is 346 g/mol. The SMILES string of the molecule is CC(C)CC(CN1C(=O)c2ccccc2C1=O)OC(=O)NC(C)(C)C. The van der Waals surface area contributed by atoms with Gasteiger partial charge in [-0.3, -0.25) is 14.5 Å². The predicted octanol–water partition coefficient (Wildman–Crippen LogP) is 3.22. The second kappa shape index (κ2) is 7.25. The van der Waals surface area contributed by atoms with Gasteiger partial charge in [-0.1, -0.05) is 26.0 Å². The molecule has 1 unspecified atom stereocenters. The molecule has 1 aliphatic heterocycles. The average Bonchev–Trinajstić information content (AvgIpc) is 2.70. The normalized spacial score (nSPS) is 15.4. The van der Waals surface area contributed by atoms with E-state index in [0.29, 0.717) is 17.5 Å². The summed E-state index contributed by atoms with van der Waals surface area (Å²) in [6.07, 6.45) is -0.537. The van der Waals surface area contributed by atoms with Gasteiger partial charge in [0.25, 0.3) is 11.8 Å². The molecular weight excluding hydrogens is 320 g/mol. The summed E-state index contributed by atoms with van der Waals surface area (Å²) in [6.45, 7) is 9.63. The molecule has 1 aliphatic rings. The zero-order chi connectivity index (χ0) is 18.8. The molecular formula is C19H26N2O4. The molecule has 0 fully saturated rings. The first-order valence-electron chi connectivity index (χ1n) is 8.52. The van der Waals surface area contributed by atoms with Crippen molar-refractivity contribution in [2.24, 2.45) is 5.92 Å². The summed E-state index contributed by atoms with van der Waals surface area (Å²) in [5.41, 5.74) is 0.375. The Morgan fingerprint density at radius 1 is 1.12 bits per heavy atom. The topological polar surface area (TPSA) is 75.7 Å². The summed E-state index contributed by atoms with van der Waals surface area (Å²) < 4.78 is 5.50. The highest BCUT2D eigenvalue weighted by atomic mass is 16.6. The fraction of sp³-hybridized carbons (Fsp3) is 0.526. The molecule has 0 bridgehead atoms. The molecule has 136 valence electrons. The Bertz CT molecular complexity index is 641. The third kappa shape index (κ3) is 4.81. The van der Waals surface area contributed by atoms with Crippen molar-refractivity contribution in [3.63, 3.8) is 0 Å². The summed E-state index contributed by atoms with van der Waals surface area (Å²) >= 11 is 0. The van der Waals surface area contributed by atoms with Crippen LogP contribution in [0.5, 0.6) is 0 Å². The van der Waals surface area contributed by atoms with E-state index in [1.807, 2.05) is 34.6 Å². The molecule has 0 aliphatic carbocycles. The van der Waals surface area contributed by atoms with Crippen LogP contribution in [0.2, 0.25) is 0 Å². The molecule has 1 aromatic carbocycles. The Balaban J connectivity index is 2.11. The van der Waals surface area contributed by atoms with E-state index in [4.69, 9.17) is 4.74 Å². The van der Waals surface area contributed by atoms with E-state index in [0.717, 1.165) is 0 Å². The van der Waals surface area contributed by atoms with Crippen LogP contribution in [0.4, 0.5) is 4.79 Å². The van der Waals surface area contributed by atoms with E-state index in [1.165, 1.54) is 4.90 Å². The lowest BCUT2D eigenvalue weighted by molar-refractivity contribution is 0.0407. The second-order valence-corrected chi connectivity index (χ2v) is 7.80. The number of nitrogens with one attached hydrogen (secondary N) is 1. The Kier molecular flexibility index (Phi) is 5.50. The average molecular weight is 346 g/mol. The summed E-state index contributed by atoms with van der Waals surface area (Å²) in [7, 11) is 0. The van der Waals surface area contributed by atoms with E-state index >= 15 is 0 Å². The van der Waals surface area contributed by atoms with Crippen molar-refractivity contribution in [3.05, 3.63) is 35.4 Å². The van der Waals surface area contributed by atoms with E-state index in [9.17, 15) is 14.4 Å². The highest BCUT2D eigenvalue weighted by Crippen LogP contribution is 2.24. The smallest absolute Gasteiger partial charge is 0.407 e. The Hall–Kier alpha value is -2.37. The van der Waals surface area contributed by atoms with E-state index in [-0.39, 0.29) is 24.3 Å². The molecule has 6 nitrogen and oxygen atoms in total. The summed E-state index contributed by atoms with van der Waals surface area (Å²) in [5, 5.41) is 2.74. The number of benzene rings is 1. The van der Waals surface area contributed by atoms with Gasteiger partial charge in [-0.25, -0.2) is 4.79 Å². The van der Waals surface area contributed by atoms with Crippen molar-refractivity contribution in [2.45, 2.75) is 52.7 Å². The Morgan fingerprint density at radius 3 is 2.08 bits per heavy atom. The van der Waals surface area contributed by atoms with Gasteiger partial charge in [0.1, 0.15) is 6.10 Å². The van der Waals surface area contributed by atoms with E-state index < -0.39 is 17.7 Å². The van der Waals surface area contributed by atoms with Crippen LogP contribution in [0, 0.1) is 5.92 Å². The molecule has 0 saturated heterocycles. The van der Waals surface area contributed by atoms with E-state index in [1.54, 1.807) is 24.3 Å². The minimum atomic E-state index is -0.551. The first-order valence-corrected chi connectivity index (χ1v) is 8.52. The predicted molar refractivity (Wildman–Crippen MR) is 94.4 cm³/mol. The van der Waals surface area contributed by atoms with Gasteiger partial charge in [0, 0.05) is 5.54 Å². The van der Waals surface area contributed by atoms with Gasteiger partial charge in [0.05, 0.1) is 17.7 Å². The van der Waals surface area contributed by atoms with Gasteiger partial charge in [0.2, 0.25) is 0 Å². The fourth-order valence-electron chi connectivity index (χ4n) is 2.78. The van der Waals surface area contributed by atoms with Crippen molar-refractivity contribution in [1.29, 1.82) is 0 Å². The number of amides is 3. The third-order valence-electron chi connectivity index (χ3n) is 3.75. The van der Waals surface area contributed by atoms with Gasteiger partial charge in [0.15, 0.2) is 0 Å². The molecule has 0 radical (unpaired) electrons. The summed E-state index contributed by atoms with van der Waals surface area (Å²) in [5.74, 6) is -0.425. The molecule has 6 heteroatoms. The second-order valence-electron chi connectivity index (χ2n) is 7.80. The van der Waals surface area contributed by atoms with Crippen molar-refractivity contribution < 1.29 is 19.1 Å². The maximum Gasteiger partial charge on any atom is 0.407 e. The number of hydrogen-bond donors (Lipinski definition) is 1. The van der Waals surface area contributed by atoms with Gasteiger partial charge in [-0.15, -0.1) is 0 Å². The molecule has 0 spiro atoms. The van der Waals surface area contributed by atoms with Crippen LogP contribution in [0.1, 0.15) is 61.8 Å². The largest absolute Gasteiger partial charge is 0.444 e. The van der Waals surface area contributed by atoms with Crippen LogP contribution in [0.25, 0.3) is 0 Å². The van der Waals surface area contributed by atoms with E-state index in [2.05, 4.69) is 5.32 Å².